The van der Waals surface area contributed by atoms with Crippen LogP contribution in [0.4, 0.5) is 5.82 Å². The lowest BCUT2D eigenvalue weighted by molar-refractivity contribution is -0.0161. The van der Waals surface area contributed by atoms with Crippen LogP contribution in [0.3, 0.4) is 0 Å². The van der Waals surface area contributed by atoms with E-state index in [1.165, 1.54) is 12.8 Å². The number of aliphatic hydroxyl groups is 1. The Hall–Kier alpha value is -1.69. The molecule has 1 heterocycles. The van der Waals surface area contributed by atoms with Crippen LogP contribution in [0.1, 0.15) is 74.5 Å². The van der Waals surface area contributed by atoms with E-state index in [-0.39, 0.29) is 16.9 Å². The Morgan fingerprint density at radius 2 is 2.16 bits per heavy atom. The van der Waals surface area contributed by atoms with Crippen LogP contribution in [0.15, 0.2) is 6.20 Å². The fourth-order valence-corrected chi connectivity index (χ4v) is 5.90. The zero-order valence-corrected chi connectivity index (χ0v) is 14.7. The van der Waals surface area contributed by atoms with Crippen molar-refractivity contribution in [2.45, 2.75) is 75.3 Å². The molecule has 134 valence electrons. The van der Waals surface area contributed by atoms with E-state index in [2.05, 4.69) is 17.2 Å². The number of nitrogens with one attached hydrogen (secondary N) is 1. The summed E-state index contributed by atoms with van der Waals surface area (Å²) < 4.78 is 0. The Bertz CT molecular complexity index is 760. The van der Waals surface area contributed by atoms with Crippen molar-refractivity contribution in [3.8, 4) is 0 Å². The Labute approximate surface area is 147 Å². The molecule has 4 atom stereocenters. The van der Waals surface area contributed by atoms with Gasteiger partial charge >= 0.3 is 0 Å². The molecule has 0 spiro atoms. The van der Waals surface area contributed by atoms with Gasteiger partial charge in [0.1, 0.15) is 11.6 Å². The molecule has 2 bridgehead atoms. The highest BCUT2D eigenvalue weighted by Crippen LogP contribution is 2.81. The first kappa shape index (κ1) is 15.6. The molecule has 6 heteroatoms. The lowest BCUT2D eigenvalue weighted by Crippen LogP contribution is -2.44. The predicted octanol–water partition coefficient (Wildman–Crippen LogP) is 2.12. The van der Waals surface area contributed by atoms with Gasteiger partial charge in [0.05, 0.1) is 16.6 Å². The Kier molecular flexibility index (Phi) is 2.94. The van der Waals surface area contributed by atoms with E-state index in [0.717, 1.165) is 38.5 Å². The van der Waals surface area contributed by atoms with E-state index in [1.807, 2.05) is 0 Å². The summed E-state index contributed by atoms with van der Waals surface area (Å²) in [6, 6.07) is 0.262. The van der Waals surface area contributed by atoms with Crippen LogP contribution in [0.25, 0.3) is 0 Å². The van der Waals surface area contributed by atoms with Gasteiger partial charge in [-0.3, -0.25) is 4.79 Å². The van der Waals surface area contributed by atoms with Crippen LogP contribution >= 0.6 is 0 Å². The number of anilines is 1. The fraction of sp³-hybridized carbons (Fsp3) is 0.737. The smallest absolute Gasteiger partial charge is 0.254 e. The maximum absolute atomic E-state index is 11.8. The number of carbonyl (C=O) groups excluding carboxylic acids is 1. The summed E-state index contributed by atoms with van der Waals surface area (Å²) >= 11 is 0. The SMILES string of the molecule is C[C@@H](Nc1nc(C23CC24CCCC3(O)CC4)ncc1C(N)=O)C1CC1. The molecule has 4 N–H and O–H groups in total. The van der Waals surface area contributed by atoms with Crippen molar-refractivity contribution in [2.75, 3.05) is 5.32 Å². The Balaban J connectivity index is 1.56. The lowest BCUT2D eigenvalue weighted by Gasteiger charge is -2.36. The van der Waals surface area contributed by atoms with Crippen LogP contribution in [-0.2, 0) is 5.41 Å². The molecule has 4 aliphatic rings. The largest absolute Gasteiger partial charge is 0.389 e. The molecular weight excluding hydrogens is 316 g/mol. The topological polar surface area (TPSA) is 101 Å². The van der Waals surface area contributed by atoms with Crippen molar-refractivity contribution in [1.82, 2.24) is 9.97 Å². The predicted molar refractivity (Wildman–Crippen MR) is 93.1 cm³/mol. The molecule has 4 aliphatic carbocycles. The standard InChI is InChI=1S/C19H26N4O2/c1-11(12-3-4-12)22-15-13(14(20)24)9-21-16(23-15)19-10-17(19)5-2-6-18(19,25)8-7-17/h9,11-12,25H,2-8,10H2,1H3,(H2,20,24)(H,21,22,23)/t11-,17?,18?,19?/m1/s1. The summed E-state index contributed by atoms with van der Waals surface area (Å²) in [5, 5.41) is 14.7. The highest BCUT2D eigenvalue weighted by atomic mass is 16.3. The molecule has 3 unspecified atom stereocenters. The van der Waals surface area contributed by atoms with Crippen LogP contribution in [0.2, 0.25) is 0 Å². The summed E-state index contributed by atoms with van der Waals surface area (Å²) in [7, 11) is 0. The summed E-state index contributed by atoms with van der Waals surface area (Å²) in [5.74, 6) is 1.38. The fourth-order valence-electron chi connectivity index (χ4n) is 5.90. The average molecular weight is 342 g/mol. The van der Waals surface area contributed by atoms with E-state index in [0.29, 0.717) is 23.1 Å². The van der Waals surface area contributed by atoms with Gasteiger partial charge in [0.2, 0.25) is 0 Å². The molecule has 1 aromatic rings. The zero-order valence-electron chi connectivity index (χ0n) is 14.7. The van der Waals surface area contributed by atoms with Gasteiger partial charge in [-0.2, -0.15) is 0 Å². The van der Waals surface area contributed by atoms with Crippen LogP contribution in [0, 0.1) is 11.3 Å². The van der Waals surface area contributed by atoms with Crippen molar-refractivity contribution in [3.63, 3.8) is 0 Å². The van der Waals surface area contributed by atoms with Gasteiger partial charge in [0.15, 0.2) is 0 Å². The number of amides is 1. The number of rotatable bonds is 5. The van der Waals surface area contributed by atoms with E-state index in [9.17, 15) is 9.90 Å². The second-order valence-electron chi connectivity index (χ2n) is 8.84. The third-order valence-corrected chi connectivity index (χ3v) is 7.57. The second-order valence-corrected chi connectivity index (χ2v) is 8.84. The molecule has 25 heavy (non-hydrogen) atoms. The highest BCUT2D eigenvalue weighted by molar-refractivity contribution is 5.97. The molecule has 4 fully saturated rings. The van der Waals surface area contributed by atoms with Gasteiger partial charge in [-0.05, 0) is 69.6 Å². The van der Waals surface area contributed by atoms with Gasteiger partial charge in [-0.15, -0.1) is 0 Å². The van der Waals surface area contributed by atoms with Crippen molar-refractivity contribution >= 4 is 11.7 Å². The maximum atomic E-state index is 11.8. The number of carbonyl (C=O) groups is 1. The van der Waals surface area contributed by atoms with Crippen molar-refractivity contribution in [1.29, 1.82) is 0 Å². The van der Waals surface area contributed by atoms with Gasteiger partial charge in [0, 0.05) is 12.2 Å². The summed E-state index contributed by atoms with van der Waals surface area (Å²) in [6.07, 6.45) is 9.93. The molecule has 4 saturated carbocycles. The molecule has 1 amide bonds. The van der Waals surface area contributed by atoms with E-state index in [1.54, 1.807) is 6.20 Å². The number of hydrogen-bond acceptors (Lipinski definition) is 5. The van der Waals surface area contributed by atoms with Gasteiger partial charge in [-0.25, -0.2) is 9.97 Å². The second kappa shape index (κ2) is 4.72. The molecule has 0 radical (unpaired) electrons. The summed E-state index contributed by atoms with van der Waals surface area (Å²) in [4.78, 5) is 21.1. The number of nitrogens with zero attached hydrogens (tertiary/aromatic N) is 2. The molecule has 0 aliphatic heterocycles. The molecule has 0 aromatic carbocycles. The third-order valence-electron chi connectivity index (χ3n) is 7.57. The monoisotopic (exact) mass is 342 g/mol. The lowest BCUT2D eigenvalue weighted by atomic mass is 9.74. The van der Waals surface area contributed by atoms with Crippen LogP contribution < -0.4 is 11.1 Å². The normalized spacial score (nSPS) is 39.6. The number of nitrogens with two attached hydrogens (primary N) is 1. The number of hydrogen-bond donors (Lipinski definition) is 3. The molecule has 1 aromatic heterocycles. The molecular formula is C19H26N4O2. The number of primary amides is 1. The summed E-state index contributed by atoms with van der Waals surface area (Å²) in [6.45, 7) is 2.12. The van der Waals surface area contributed by atoms with E-state index in [4.69, 9.17) is 10.7 Å². The van der Waals surface area contributed by atoms with Crippen molar-refractivity contribution in [3.05, 3.63) is 17.6 Å². The number of aromatic nitrogens is 2. The maximum Gasteiger partial charge on any atom is 0.254 e. The minimum absolute atomic E-state index is 0.174. The van der Waals surface area contributed by atoms with E-state index < -0.39 is 11.5 Å². The minimum atomic E-state index is -0.682. The highest BCUT2D eigenvalue weighted by Gasteiger charge is 2.82. The third kappa shape index (κ3) is 1.92. The first-order chi connectivity index (χ1) is 11.9. The van der Waals surface area contributed by atoms with Gasteiger partial charge < -0.3 is 16.2 Å². The Morgan fingerprint density at radius 1 is 1.36 bits per heavy atom. The van der Waals surface area contributed by atoms with Gasteiger partial charge in [0.25, 0.3) is 5.91 Å². The minimum Gasteiger partial charge on any atom is -0.389 e. The molecule has 5 rings (SSSR count). The Morgan fingerprint density at radius 3 is 2.84 bits per heavy atom. The average Bonchev–Trinajstić information content (AvgIpc) is 3.46. The van der Waals surface area contributed by atoms with Gasteiger partial charge in [-0.1, -0.05) is 0 Å². The zero-order chi connectivity index (χ0) is 17.4. The first-order valence-electron chi connectivity index (χ1n) is 9.57. The van der Waals surface area contributed by atoms with Crippen molar-refractivity contribution in [2.24, 2.45) is 17.1 Å². The molecule has 6 nitrogen and oxygen atoms in total. The van der Waals surface area contributed by atoms with Crippen LogP contribution in [-0.4, -0.2) is 32.6 Å². The quantitative estimate of drug-likeness (QED) is 0.761. The molecule has 0 saturated heterocycles. The van der Waals surface area contributed by atoms with Crippen molar-refractivity contribution < 1.29 is 9.90 Å². The van der Waals surface area contributed by atoms with Crippen LogP contribution in [0.5, 0.6) is 0 Å². The first-order valence-corrected chi connectivity index (χ1v) is 9.57. The van der Waals surface area contributed by atoms with E-state index >= 15 is 0 Å². The summed E-state index contributed by atoms with van der Waals surface area (Å²) in [5.41, 5.74) is 5.06.